The normalized spacial score (nSPS) is 15.4. The molecule has 0 radical (unpaired) electrons. The Bertz CT molecular complexity index is 734. The Morgan fingerprint density at radius 1 is 1.26 bits per heavy atom. The van der Waals surface area contributed by atoms with Crippen molar-refractivity contribution in [3.63, 3.8) is 0 Å². The Balaban J connectivity index is 0.00000261. The van der Waals surface area contributed by atoms with Crippen LogP contribution >= 0.6 is 35.3 Å². The Kier molecular flexibility index (Phi) is 8.94. The van der Waals surface area contributed by atoms with Crippen LogP contribution in [0.5, 0.6) is 0 Å². The second kappa shape index (κ2) is 10.9. The predicted octanol–water partition coefficient (Wildman–Crippen LogP) is 3.12. The molecule has 0 unspecified atom stereocenters. The number of aromatic nitrogens is 4. The first kappa shape index (κ1) is 22.1. The summed E-state index contributed by atoms with van der Waals surface area (Å²) in [4.78, 5) is 10.4. The van der Waals surface area contributed by atoms with E-state index in [0.717, 1.165) is 35.6 Å². The van der Waals surface area contributed by atoms with E-state index in [1.165, 1.54) is 37.0 Å². The average molecular weight is 503 g/mol. The van der Waals surface area contributed by atoms with Gasteiger partial charge in [-0.25, -0.2) is 9.98 Å². The average Bonchev–Trinajstić information content (AvgIpc) is 3.20. The molecule has 1 fully saturated rings. The minimum absolute atomic E-state index is 0. The maximum atomic E-state index is 4.75. The van der Waals surface area contributed by atoms with Crippen LogP contribution in [0.15, 0.2) is 11.2 Å². The maximum Gasteiger partial charge on any atom is 0.191 e. The van der Waals surface area contributed by atoms with Gasteiger partial charge >= 0.3 is 0 Å². The van der Waals surface area contributed by atoms with Crippen molar-refractivity contribution in [1.82, 2.24) is 30.4 Å². The van der Waals surface area contributed by atoms with Crippen molar-refractivity contribution in [3.8, 4) is 0 Å². The molecule has 2 N–H and O–H groups in total. The summed E-state index contributed by atoms with van der Waals surface area (Å²) in [6, 6.07) is 0.512. The maximum absolute atomic E-state index is 4.75. The summed E-state index contributed by atoms with van der Waals surface area (Å²) in [5.74, 6) is 2.65. The van der Waals surface area contributed by atoms with Crippen LogP contribution in [0.1, 0.15) is 53.6 Å². The molecule has 2 aromatic heterocycles. The van der Waals surface area contributed by atoms with Gasteiger partial charge in [0.1, 0.15) is 12.4 Å². The lowest BCUT2D eigenvalue weighted by Crippen LogP contribution is -2.44. The second-order valence-electron chi connectivity index (χ2n) is 6.91. The van der Waals surface area contributed by atoms with E-state index in [9.17, 15) is 0 Å². The molecule has 0 saturated heterocycles. The number of aliphatic imine (C=N–C) groups is 1. The molecule has 9 heteroatoms. The highest BCUT2D eigenvalue weighted by atomic mass is 127. The lowest BCUT2D eigenvalue weighted by Gasteiger charge is -2.25. The van der Waals surface area contributed by atoms with Gasteiger partial charge in [-0.2, -0.15) is 0 Å². The molecule has 7 nitrogen and oxygen atoms in total. The van der Waals surface area contributed by atoms with Gasteiger partial charge in [0.15, 0.2) is 11.8 Å². The number of guanidine groups is 1. The van der Waals surface area contributed by atoms with Gasteiger partial charge in [0.05, 0.1) is 5.01 Å². The molecule has 2 aromatic rings. The Labute approximate surface area is 182 Å². The highest BCUT2D eigenvalue weighted by molar-refractivity contribution is 14.0. The van der Waals surface area contributed by atoms with Gasteiger partial charge in [0, 0.05) is 37.1 Å². The van der Waals surface area contributed by atoms with Gasteiger partial charge < -0.3 is 15.2 Å². The first-order chi connectivity index (χ1) is 12.6. The summed E-state index contributed by atoms with van der Waals surface area (Å²) in [7, 11) is 1.98. The minimum Gasteiger partial charge on any atom is -0.356 e. The van der Waals surface area contributed by atoms with E-state index in [1.807, 2.05) is 24.7 Å². The first-order valence-electron chi connectivity index (χ1n) is 9.43. The van der Waals surface area contributed by atoms with E-state index >= 15 is 0 Å². The number of nitrogens with zero attached hydrogens (tertiary/aromatic N) is 5. The smallest absolute Gasteiger partial charge is 0.191 e. The second-order valence-corrected chi connectivity index (χ2v) is 8.23. The van der Waals surface area contributed by atoms with Crippen LogP contribution in [-0.2, 0) is 20.0 Å². The van der Waals surface area contributed by atoms with Crippen molar-refractivity contribution < 1.29 is 0 Å². The summed E-state index contributed by atoms with van der Waals surface area (Å²) in [5.41, 5.74) is 0. The highest BCUT2D eigenvalue weighted by Crippen LogP contribution is 2.17. The third kappa shape index (κ3) is 6.70. The molecule has 1 saturated carbocycles. The molecule has 3 rings (SSSR count). The molecular weight excluding hydrogens is 473 g/mol. The van der Waals surface area contributed by atoms with Gasteiger partial charge in [-0.1, -0.05) is 19.3 Å². The van der Waals surface area contributed by atoms with E-state index in [2.05, 4.69) is 32.7 Å². The molecule has 27 heavy (non-hydrogen) atoms. The fraction of sp³-hybridized carbons (Fsp3) is 0.667. The number of hydrogen-bond acceptors (Lipinski definition) is 5. The molecule has 1 aliphatic rings. The van der Waals surface area contributed by atoms with Gasteiger partial charge in [-0.3, -0.25) is 0 Å². The van der Waals surface area contributed by atoms with Crippen molar-refractivity contribution in [2.75, 3.05) is 6.54 Å². The summed E-state index contributed by atoms with van der Waals surface area (Å²) >= 11 is 1.76. The van der Waals surface area contributed by atoms with E-state index < -0.39 is 0 Å². The molecule has 2 heterocycles. The van der Waals surface area contributed by atoms with Crippen LogP contribution in [0, 0.1) is 13.8 Å². The van der Waals surface area contributed by atoms with Crippen LogP contribution in [0.25, 0.3) is 0 Å². The van der Waals surface area contributed by atoms with E-state index in [4.69, 9.17) is 4.99 Å². The third-order valence-corrected chi connectivity index (χ3v) is 5.78. The van der Waals surface area contributed by atoms with Gasteiger partial charge in [0.2, 0.25) is 0 Å². The number of aryl methyl sites for hydroxylation is 2. The van der Waals surface area contributed by atoms with Gasteiger partial charge in [-0.05, 0) is 26.7 Å². The van der Waals surface area contributed by atoms with E-state index in [0.29, 0.717) is 12.6 Å². The quantitative estimate of drug-likeness (QED) is 0.360. The van der Waals surface area contributed by atoms with Crippen molar-refractivity contribution in [3.05, 3.63) is 27.7 Å². The molecule has 0 bridgehead atoms. The number of thiazole rings is 1. The fourth-order valence-corrected chi connectivity index (χ4v) is 3.92. The Morgan fingerprint density at radius 2 is 2.04 bits per heavy atom. The number of nitrogens with one attached hydrogen (secondary N) is 2. The van der Waals surface area contributed by atoms with Crippen molar-refractivity contribution in [2.45, 2.75) is 65.0 Å². The van der Waals surface area contributed by atoms with Crippen LogP contribution in [0.2, 0.25) is 0 Å². The fourth-order valence-electron chi connectivity index (χ4n) is 3.14. The standard InChI is InChI=1S/C18H29N7S.HI/c1-13-11-20-17(26-13)9-10-19-18(22-15-7-5-4-6-8-15)21-12-16-24-23-14(2)25(16)3;/h11,15H,4-10,12H2,1-3H3,(H2,19,21,22);1H. The summed E-state index contributed by atoms with van der Waals surface area (Å²) in [6.07, 6.45) is 9.22. The molecule has 1 aliphatic carbocycles. The number of halogens is 1. The zero-order valence-corrected chi connectivity index (χ0v) is 19.5. The summed E-state index contributed by atoms with van der Waals surface area (Å²) < 4.78 is 1.99. The van der Waals surface area contributed by atoms with Gasteiger partial charge in [-0.15, -0.1) is 45.5 Å². The van der Waals surface area contributed by atoms with E-state index in [1.54, 1.807) is 11.3 Å². The van der Waals surface area contributed by atoms with Crippen LogP contribution < -0.4 is 10.6 Å². The van der Waals surface area contributed by atoms with E-state index in [-0.39, 0.29) is 24.0 Å². The van der Waals surface area contributed by atoms with Crippen LogP contribution in [0.4, 0.5) is 0 Å². The SMILES string of the molecule is Cc1cnc(CCNC(=NCc2nnc(C)n2C)NC2CCCCC2)s1.I. The Hall–Kier alpha value is -1.23. The zero-order valence-electron chi connectivity index (χ0n) is 16.4. The lowest BCUT2D eigenvalue weighted by molar-refractivity contribution is 0.409. The minimum atomic E-state index is 0. The highest BCUT2D eigenvalue weighted by Gasteiger charge is 2.15. The molecule has 0 amide bonds. The van der Waals surface area contributed by atoms with Gasteiger partial charge in [0.25, 0.3) is 0 Å². The molecule has 150 valence electrons. The molecule has 0 spiro atoms. The molecule has 0 aliphatic heterocycles. The monoisotopic (exact) mass is 503 g/mol. The molecule has 0 aromatic carbocycles. The van der Waals surface area contributed by atoms with Crippen molar-refractivity contribution >= 4 is 41.3 Å². The lowest BCUT2D eigenvalue weighted by atomic mass is 9.96. The molecular formula is C18H30IN7S. The number of hydrogen-bond donors (Lipinski definition) is 2. The zero-order chi connectivity index (χ0) is 18.4. The van der Waals surface area contributed by atoms with Crippen LogP contribution in [-0.4, -0.2) is 38.3 Å². The topological polar surface area (TPSA) is 80.0 Å². The predicted molar refractivity (Wildman–Crippen MR) is 121 cm³/mol. The largest absolute Gasteiger partial charge is 0.356 e. The number of rotatable bonds is 6. The molecule has 0 atom stereocenters. The third-order valence-electron chi connectivity index (χ3n) is 4.81. The Morgan fingerprint density at radius 3 is 2.67 bits per heavy atom. The summed E-state index contributed by atoms with van der Waals surface area (Å²) in [5, 5.41) is 16.6. The van der Waals surface area contributed by atoms with Crippen LogP contribution in [0.3, 0.4) is 0 Å². The summed E-state index contributed by atoms with van der Waals surface area (Å²) in [6.45, 7) is 5.39. The first-order valence-corrected chi connectivity index (χ1v) is 10.2. The van der Waals surface area contributed by atoms with Crippen molar-refractivity contribution in [1.29, 1.82) is 0 Å². The van der Waals surface area contributed by atoms with Crippen molar-refractivity contribution in [2.24, 2.45) is 12.0 Å².